The summed E-state index contributed by atoms with van der Waals surface area (Å²) in [6.07, 6.45) is 2.01. The number of ether oxygens (including phenoxy) is 1. The molecule has 1 aliphatic heterocycles. The van der Waals surface area contributed by atoms with Gasteiger partial charge < -0.3 is 19.4 Å². The molecule has 1 aromatic heterocycles. The molecule has 0 unspecified atom stereocenters. The molecule has 0 bridgehead atoms. The zero-order valence-corrected chi connectivity index (χ0v) is 13.2. The standard InChI is InChI=1S/C16H26N2O3/c1-12(2)10-18-8-6-13(7-9-18)17-16(19)15-5-4-14(21-15)11-20-3/h4-5,12-13H,6-11H2,1-3H3,(H,17,19). The lowest BCUT2D eigenvalue weighted by atomic mass is 10.0. The van der Waals surface area contributed by atoms with Crippen molar-refractivity contribution in [3.8, 4) is 0 Å². The third-order valence-electron chi connectivity index (χ3n) is 3.72. The van der Waals surface area contributed by atoms with Crippen molar-refractivity contribution in [2.24, 2.45) is 5.92 Å². The van der Waals surface area contributed by atoms with Gasteiger partial charge in [-0.05, 0) is 30.9 Å². The van der Waals surface area contributed by atoms with Crippen LogP contribution in [0.4, 0.5) is 0 Å². The van der Waals surface area contributed by atoms with Gasteiger partial charge in [0, 0.05) is 32.8 Å². The van der Waals surface area contributed by atoms with Crippen LogP contribution in [0.1, 0.15) is 43.0 Å². The Morgan fingerprint density at radius 3 is 2.76 bits per heavy atom. The topological polar surface area (TPSA) is 54.7 Å². The fourth-order valence-electron chi connectivity index (χ4n) is 2.75. The first-order valence-corrected chi connectivity index (χ1v) is 7.69. The molecule has 1 aromatic rings. The molecule has 0 aromatic carbocycles. The van der Waals surface area contributed by atoms with Crippen molar-refractivity contribution in [3.63, 3.8) is 0 Å². The number of carbonyl (C=O) groups is 1. The molecule has 0 saturated carbocycles. The van der Waals surface area contributed by atoms with E-state index in [1.165, 1.54) is 0 Å². The maximum atomic E-state index is 12.1. The molecule has 5 heteroatoms. The third kappa shape index (κ3) is 4.86. The van der Waals surface area contributed by atoms with Gasteiger partial charge in [0.2, 0.25) is 0 Å². The van der Waals surface area contributed by atoms with Crippen molar-refractivity contribution in [1.82, 2.24) is 10.2 Å². The molecular formula is C16H26N2O3. The highest BCUT2D eigenvalue weighted by Crippen LogP contribution is 2.14. The summed E-state index contributed by atoms with van der Waals surface area (Å²) in [4.78, 5) is 14.6. The molecule has 0 atom stereocenters. The molecule has 1 fully saturated rings. The number of amides is 1. The maximum absolute atomic E-state index is 12.1. The van der Waals surface area contributed by atoms with E-state index in [1.54, 1.807) is 19.2 Å². The van der Waals surface area contributed by atoms with Crippen molar-refractivity contribution >= 4 is 5.91 Å². The van der Waals surface area contributed by atoms with Gasteiger partial charge in [0.05, 0.1) is 0 Å². The number of likely N-dealkylation sites (tertiary alicyclic amines) is 1. The summed E-state index contributed by atoms with van der Waals surface area (Å²) in [7, 11) is 1.60. The van der Waals surface area contributed by atoms with Gasteiger partial charge >= 0.3 is 0 Å². The van der Waals surface area contributed by atoms with E-state index in [0.29, 0.717) is 24.0 Å². The lowest BCUT2D eigenvalue weighted by Gasteiger charge is -2.33. The van der Waals surface area contributed by atoms with Gasteiger partial charge in [0.15, 0.2) is 5.76 Å². The van der Waals surface area contributed by atoms with Crippen molar-refractivity contribution in [3.05, 3.63) is 23.7 Å². The molecule has 1 saturated heterocycles. The Labute approximate surface area is 126 Å². The average Bonchev–Trinajstić information content (AvgIpc) is 2.89. The summed E-state index contributed by atoms with van der Waals surface area (Å²) in [5, 5.41) is 3.06. The number of nitrogens with zero attached hydrogens (tertiary/aromatic N) is 1. The van der Waals surface area contributed by atoms with Gasteiger partial charge in [-0.3, -0.25) is 4.79 Å². The number of hydrogen-bond donors (Lipinski definition) is 1. The van der Waals surface area contributed by atoms with E-state index in [4.69, 9.17) is 9.15 Å². The van der Waals surface area contributed by atoms with Crippen molar-refractivity contribution in [2.45, 2.75) is 39.3 Å². The highest BCUT2D eigenvalue weighted by atomic mass is 16.5. The van der Waals surface area contributed by atoms with E-state index in [1.807, 2.05) is 0 Å². The van der Waals surface area contributed by atoms with Crippen LogP contribution in [-0.4, -0.2) is 43.6 Å². The van der Waals surface area contributed by atoms with Crippen LogP contribution in [0, 0.1) is 5.92 Å². The molecule has 1 amide bonds. The highest BCUT2D eigenvalue weighted by molar-refractivity contribution is 5.91. The van der Waals surface area contributed by atoms with Crippen molar-refractivity contribution < 1.29 is 13.9 Å². The van der Waals surface area contributed by atoms with Crippen LogP contribution in [0.15, 0.2) is 16.5 Å². The number of methoxy groups -OCH3 is 1. The van der Waals surface area contributed by atoms with E-state index >= 15 is 0 Å². The van der Waals surface area contributed by atoms with Gasteiger partial charge in [0.25, 0.3) is 5.91 Å². The largest absolute Gasteiger partial charge is 0.453 e. The van der Waals surface area contributed by atoms with Gasteiger partial charge in [-0.15, -0.1) is 0 Å². The lowest BCUT2D eigenvalue weighted by Crippen LogP contribution is -2.45. The highest BCUT2D eigenvalue weighted by Gasteiger charge is 2.22. The SMILES string of the molecule is COCc1ccc(C(=O)NC2CCN(CC(C)C)CC2)o1. The molecular weight excluding hydrogens is 268 g/mol. The minimum absolute atomic E-state index is 0.125. The zero-order chi connectivity index (χ0) is 15.2. The zero-order valence-electron chi connectivity index (χ0n) is 13.2. The van der Waals surface area contributed by atoms with Gasteiger partial charge in [-0.2, -0.15) is 0 Å². The second kappa shape index (κ2) is 7.61. The predicted octanol–water partition coefficient (Wildman–Crippen LogP) is 2.28. The van der Waals surface area contributed by atoms with Crippen LogP contribution >= 0.6 is 0 Å². The molecule has 5 nitrogen and oxygen atoms in total. The van der Waals surface area contributed by atoms with Gasteiger partial charge in [-0.1, -0.05) is 13.8 Å². The fourth-order valence-corrected chi connectivity index (χ4v) is 2.75. The van der Waals surface area contributed by atoms with Crippen molar-refractivity contribution in [2.75, 3.05) is 26.7 Å². The molecule has 118 valence electrons. The summed E-state index contributed by atoms with van der Waals surface area (Å²) in [6, 6.07) is 3.73. The molecule has 1 N–H and O–H groups in total. The smallest absolute Gasteiger partial charge is 0.287 e. The van der Waals surface area contributed by atoms with Gasteiger partial charge in [-0.25, -0.2) is 0 Å². The van der Waals surface area contributed by atoms with Crippen LogP contribution in [-0.2, 0) is 11.3 Å². The Balaban J connectivity index is 1.78. The minimum Gasteiger partial charge on any atom is -0.453 e. The van der Waals surface area contributed by atoms with Gasteiger partial charge in [0.1, 0.15) is 12.4 Å². The number of furan rings is 1. The molecule has 2 heterocycles. The Morgan fingerprint density at radius 1 is 1.43 bits per heavy atom. The number of carbonyl (C=O) groups excluding carboxylic acids is 1. The Morgan fingerprint density at radius 2 is 2.14 bits per heavy atom. The van der Waals surface area contributed by atoms with Crippen LogP contribution in [0.2, 0.25) is 0 Å². The summed E-state index contributed by atoms with van der Waals surface area (Å²) in [6.45, 7) is 8.11. The number of nitrogens with one attached hydrogen (secondary N) is 1. The van der Waals surface area contributed by atoms with Crippen LogP contribution in [0.3, 0.4) is 0 Å². The quantitative estimate of drug-likeness (QED) is 0.874. The lowest BCUT2D eigenvalue weighted by molar-refractivity contribution is 0.0871. The second-order valence-corrected chi connectivity index (χ2v) is 6.14. The third-order valence-corrected chi connectivity index (χ3v) is 3.72. The average molecular weight is 294 g/mol. The number of rotatable bonds is 6. The fraction of sp³-hybridized carbons (Fsp3) is 0.688. The first-order chi connectivity index (χ1) is 10.1. The Kier molecular flexibility index (Phi) is 5.82. The maximum Gasteiger partial charge on any atom is 0.287 e. The number of hydrogen-bond acceptors (Lipinski definition) is 4. The number of piperidine rings is 1. The molecule has 2 rings (SSSR count). The molecule has 0 spiro atoms. The normalized spacial score (nSPS) is 17.3. The van der Waals surface area contributed by atoms with Crippen molar-refractivity contribution in [1.29, 1.82) is 0 Å². The van der Waals surface area contributed by atoms with Crippen LogP contribution in [0.25, 0.3) is 0 Å². The molecule has 0 radical (unpaired) electrons. The van der Waals surface area contributed by atoms with E-state index in [-0.39, 0.29) is 11.9 Å². The van der Waals surface area contributed by atoms with Crippen LogP contribution in [0.5, 0.6) is 0 Å². The Bertz CT molecular complexity index is 448. The monoisotopic (exact) mass is 294 g/mol. The molecule has 0 aliphatic carbocycles. The van der Waals surface area contributed by atoms with Crippen LogP contribution < -0.4 is 5.32 Å². The van der Waals surface area contributed by atoms with E-state index < -0.39 is 0 Å². The molecule has 1 aliphatic rings. The minimum atomic E-state index is -0.125. The summed E-state index contributed by atoms with van der Waals surface area (Å²) >= 11 is 0. The first kappa shape index (κ1) is 16.0. The first-order valence-electron chi connectivity index (χ1n) is 7.69. The summed E-state index contributed by atoms with van der Waals surface area (Å²) < 4.78 is 10.4. The molecule has 21 heavy (non-hydrogen) atoms. The Hall–Kier alpha value is -1.33. The summed E-state index contributed by atoms with van der Waals surface area (Å²) in [5.74, 6) is 1.61. The van der Waals surface area contributed by atoms with E-state index in [0.717, 1.165) is 32.5 Å². The van der Waals surface area contributed by atoms with E-state index in [2.05, 4.69) is 24.1 Å². The second-order valence-electron chi connectivity index (χ2n) is 6.14. The van der Waals surface area contributed by atoms with E-state index in [9.17, 15) is 4.79 Å². The predicted molar refractivity (Wildman–Crippen MR) is 81.2 cm³/mol. The summed E-state index contributed by atoms with van der Waals surface area (Å²) in [5.41, 5.74) is 0.